The molecule has 0 amide bonds. The van der Waals surface area contributed by atoms with Gasteiger partial charge in [-0.3, -0.25) is 0 Å². The predicted octanol–water partition coefficient (Wildman–Crippen LogP) is 4.66. The van der Waals surface area contributed by atoms with E-state index in [0.29, 0.717) is 18.5 Å². The normalized spacial score (nSPS) is 19.3. The Morgan fingerprint density at radius 3 is 2.50 bits per heavy atom. The quantitative estimate of drug-likeness (QED) is 0.440. The van der Waals surface area contributed by atoms with E-state index in [1.54, 1.807) is 36.4 Å². The van der Waals surface area contributed by atoms with E-state index in [1.807, 2.05) is 45.0 Å². The molecule has 36 heavy (non-hydrogen) atoms. The van der Waals surface area contributed by atoms with Crippen molar-refractivity contribution in [2.45, 2.75) is 55.3 Å². The van der Waals surface area contributed by atoms with Crippen LogP contribution in [0.3, 0.4) is 0 Å². The third kappa shape index (κ3) is 6.13. The zero-order chi connectivity index (χ0) is 25.9. The Morgan fingerprint density at radius 2 is 1.78 bits per heavy atom. The molecular weight excluding hydrogens is 478 g/mol. The molecule has 8 heteroatoms. The maximum atomic E-state index is 13.9. The monoisotopic (exact) mass is 511 g/mol. The van der Waals surface area contributed by atoms with Crippen LogP contribution in [0.4, 0.5) is 0 Å². The molecule has 0 aromatic heterocycles. The number of methoxy groups -OCH3 is 1. The molecule has 3 aromatic rings. The van der Waals surface area contributed by atoms with E-state index in [9.17, 15) is 13.2 Å². The summed E-state index contributed by atoms with van der Waals surface area (Å²) in [4.78, 5) is 12.3. The van der Waals surface area contributed by atoms with Gasteiger partial charge in [0.2, 0.25) is 9.84 Å². The van der Waals surface area contributed by atoms with Crippen molar-refractivity contribution in [2.24, 2.45) is 0 Å². The van der Waals surface area contributed by atoms with Crippen LogP contribution in [0.25, 0.3) is 10.8 Å². The van der Waals surface area contributed by atoms with Crippen molar-refractivity contribution in [3.8, 4) is 0 Å². The third-order valence-corrected chi connectivity index (χ3v) is 7.94. The standard InChI is InChI=1S/C28H33NO6S/c1-28(2,3)35-24-16-23(29-17-24)18-34-27(22-11-7-10-21(14-22)26(30)33-4)36(31,32)25-13-12-19-8-5-6-9-20(19)15-25/h5-15,23-24,27,29H,16-18H2,1-4H3. The van der Waals surface area contributed by atoms with Gasteiger partial charge in [0.05, 0.1) is 35.9 Å². The summed E-state index contributed by atoms with van der Waals surface area (Å²) in [5, 5.41) is 5.14. The van der Waals surface area contributed by atoms with Gasteiger partial charge in [-0.2, -0.15) is 0 Å². The third-order valence-electron chi connectivity index (χ3n) is 6.06. The number of rotatable bonds is 8. The fourth-order valence-electron chi connectivity index (χ4n) is 4.47. The van der Waals surface area contributed by atoms with Crippen molar-refractivity contribution >= 4 is 26.6 Å². The van der Waals surface area contributed by atoms with Crippen molar-refractivity contribution in [3.05, 3.63) is 77.9 Å². The lowest BCUT2D eigenvalue weighted by atomic mass is 10.1. The van der Waals surface area contributed by atoms with Gasteiger partial charge in [-0.05, 0) is 67.8 Å². The van der Waals surface area contributed by atoms with Crippen LogP contribution in [0.1, 0.15) is 48.5 Å². The minimum atomic E-state index is -3.96. The maximum absolute atomic E-state index is 13.9. The van der Waals surface area contributed by atoms with Crippen molar-refractivity contribution in [2.75, 3.05) is 20.3 Å². The second kappa shape index (κ2) is 10.7. The number of fused-ring (bicyclic) bond motifs is 1. The van der Waals surface area contributed by atoms with Crippen LogP contribution in [0.15, 0.2) is 71.6 Å². The van der Waals surface area contributed by atoms with Crippen LogP contribution in [0, 0.1) is 0 Å². The van der Waals surface area contributed by atoms with E-state index in [4.69, 9.17) is 14.2 Å². The number of carbonyl (C=O) groups is 1. The smallest absolute Gasteiger partial charge is 0.337 e. The number of esters is 1. The summed E-state index contributed by atoms with van der Waals surface area (Å²) in [5.74, 6) is -0.543. The molecule has 1 heterocycles. The number of ether oxygens (including phenoxy) is 3. The average molecular weight is 512 g/mol. The summed E-state index contributed by atoms with van der Waals surface area (Å²) in [7, 11) is -2.67. The predicted molar refractivity (Wildman–Crippen MR) is 139 cm³/mol. The fraction of sp³-hybridized carbons (Fsp3) is 0.393. The highest BCUT2D eigenvalue weighted by atomic mass is 32.2. The Bertz CT molecular complexity index is 1330. The van der Waals surface area contributed by atoms with Gasteiger partial charge in [0.15, 0.2) is 5.44 Å². The molecule has 3 aromatic carbocycles. The highest BCUT2D eigenvalue weighted by molar-refractivity contribution is 7.91. The van der Waals surface area contributed by atoms with Gasteiger partial charge in [-0.1, -0.05) is 42.5 Å². The largest absolute Gasteiger partial charge is 0.465 e. The summed E-state index contributed by atoms with van der Waals surface area (Å²) in [6.45, 7) is 6.88. The lowest BCUT2D eigenvalue weighted by Crippen LogP contribution is -2.29. The second-order valence-corrected chi connectivity index (χ2v) is 12.0. The van der Waals surface area contributed by atoms with Gasteiger partial charge in [0, 0.05) is 12.6 Å². The first-order valence-electron chi connectivity index (χ1n) is 12.0. The fourth-order valence-corrected chi connectivity index (χ4v) is 6.02. The number of sulfone groups is 1. The molecular formula is C28H33NO6S. The zero-order valence-corrected chi connectivity index (χ0v) is 21.9. The summed E-state index contributed by atoms with van der Waals surface area (Å²) in [6, 6.07) is 19.0. The molecule has 0 spiro atoms. The molecule has 3 atom stereocenters. The molecule has 0 aliphatic carbocycles. The molecule has 0 saturated carbocycles. The zero-order valence-electron chi connectivity index (χ0n) is 21.1. The molecule has 3 unspecified atom stereocenters. The molecule has 1 N–H and O–H groups in total. The van der Waals surface area contributed by atoms with Crippen LogP contribution in [-0.2, 0) is 24.0 Å². The summed E-state index contributed by atoms with van der Waals surface area (Å²) in [5.41, 5.74) is -0.938. The Morgan fingerprint density at radius 1 is 1.03 bits per heavy atom. The minimum absolute atomic E-state index is 0.0248. The maximum Gasteiger partial charge on any atom is 0.337 e. The van der Waals surface area contributed by atoms with Gasteiger partial charge in [0.1, 0.15) is 0 Å². The van der Waals surface area contributed by atoms with Gasteiger partial charge in [-0.15, -0.1) is 0 Å². The molecule has 1 fully saturated rings. The molecule has 1 saturated heterocycles. The van der Waals surface area contributed by atoms with Gasteiger partial charge in [0.25, 0.3) is 0 Å². The number of hydrogen-bond acceptors (Lipinski definition) is 7. The van der Waals surface area contributed by atoms with Crippen molar-refractivity contribution in [1.29, 1.82) is 0 Å². The highest BCUT2D eigenvalue weighted by Crippen LogP contribution is 2.33. The van der Waals surface area contributed by atoms with E-state index in [0.717, 1.165) is 10.8 Å². The topological polar surface area (TPSA) is 90.9 Å². The Labute approximate surface area is 212 Å². The van der Waals surface area contributed by atoms with Crippen LogP contribution < -0.4 is 5.32 Å². The minimum Gasteiger partial charge on any atom is -0.465 e. The van der Waals surface area contributed by atoms with Crippen LogP contribution >= 0.6 is 0 Å². The molecule has 4 rings (SSSR count). The number of nitrogens with one attached hydrogen (secondary N) is 1. The van der Waals surface area contributed by atoms with Crippen LogP contribution in [0.2, 0.25) is 0 Å². The van der Waals surface area contributed by atoms with E-state index in [1.165, 1.54) is 13.2 Å². The summed E-state index contributed by atoms with van der Waals surface area (Å²) < 4.78 is 44.8. The van der Waals surface area contributed by atoms with Crippen LogP contribution in [-0.4, -0.2) is 52.4 Å². The first-order valence-corrected chi connectivity index (χ1v) is 13.6. The Kier molecular flexibility index (Phi) is 7.80. The van der Waals surface area contributed by atoms with E-state index in [2.05, 4.69) is 5.32 Å². The molecule has 7 nitrogen and oxygen atoms in total. The second-order valence-electron chi connectivity index (χ2n) is 10.0. The molecule has 192 valence electrons. The van der Waals surface area contributed by atoms with E-state index < -0.39 is 21.2 Å². The number of hydrogen-bond donors (Lipinski definition) is 1. The van der Waals surface area contributed by atoms with Gasteiger partial charge in [-0.25, -0.2) is 13.2 Å². The van der Waals surface area contributed by atoms with Gasteiger partial charge >= 0.3 is 5.97 Å². The molecule has 0 bridgehead atoms. The Hall–Kier alpha value is -2.78. The average Bonchev–Trinajstić information content (AvgIpc) is 3.28. The summed E-state index contributed by atoms with van der Waals surface area (Å²) in [6.07, 6.45) is 0.735. The van der Waals surface area contributed by atoms with Crippen molar-refractivity contribution in [3.63, 3.8) is 0 Å². The first kappa shape index (κ1) is 26.3. The first-order chi connectivity index (χ1) is 17.1. The lowest BCUT2D eigenvalue weighted by Gasteiger charge is -2.24. The van der Waals surface area contributed by atoms with E-state index in [-0.39, 0.29) is 34.8 Å². The van der Waals surface area contributed by atoms with Crippen LogP contribution in [0.5, 0.6) is 0 Å². The number of carbonyl (C=O) groups excluding carboxylic acids is 1. The number of benzene rings is 3. The Balaban J connectivity index is 1.63. The molecule has 1 aliphatic rings. The SMILES string of the molecule is COC(=O)c1cccc(C(OCC2CC(OC(C)(C)C)CN2)S(=O)(=O)c2ccc3ccccc3c2)c1. The highest BCUT2D eigenvalue weighted by Gasteiger charge is 2.34. The van der Waals surface area contributed by atoms with Crippen molar-refractivity contribution < 1.29 is 27.4 Å². The van der Waals surface area contributed by atoms with Crippen molar-refractivity contribution in [1.82, 2.24) is 5.32 Å². The van der Waals surface area contributed by atoms with Gasteiger partial charge < -0.3 is 19.5 Å². The molecule has 0 radical (unpaired) electrons. The summed E-state index contributed by atoms with van der Waals surface area (Å²) >= 11 is 0. The van der Waals surface area contributed by atoms with E-state index >= 15 is 0 Å². The molecule has 1 aliphatic heterocycles. The lowest BCUT2D eigenvalue weighted by molar-refractivity contribution is -0.0520.